The van der Waals surface area contributed by atoms with Crippen LogP contribution < -0.4 is 0 Å². The molecule has 140 valence electrons. The van der Waals surface area contributed by atoms with Gasteiger partial charge in [-0.3, -0.25) is 0 Å². The van der Waals surface area contributed by atoms with Crippen LogP contribution in [0.25, 0.3) is 22.5 Å². The van der Waals surface area contributed by atoms with Crippen molar-refractivity contribution in [3.63, 3.8) is 0 Å². The van der Waals surface area contributed by atoms with E-state index in [0.717, 1.165) is 41.3 Å². The fraction of sp³-hybridized carbons (Fsp3) is 0.200. The highest BCUT2D eigenvalue weighted by Crippen LogP contribution is 2.29. The Morgan fingerprint density at radius 1 is 1.07 bits per heavy atom. The fourth-order valence-corrected chi connectivity index (χ4v) is 3.31. The van der Waals surface area contributed by atoms with Crippen molar-refractivity contribution in [2.75, 3.05) is 0 Å². The molecule has 0 saturated carbocycles. The van der Waals surface area contributed by atoms with Crippen LogP contribution in [-0.2, 0) is 19.4 Å². The smallest absolute Gasteiger partial charge is 0.205 e. The lowest BCUT2D eigenvalue weighted by molar-refractivity contribution is 0.620. The summed E-state index contributed by atoms with van der Waals surface area (Å²) >= 11 is 4.92. The van der Waals surface area contributed by atoms with E-state index in [1.165, 1.54) is 5.56 Å². The summed E-state index contributed by atoms with van der Waals surface area (Å²) in [4.78, 5) is 4.62. The van der Waals surface area contributed by atoms with Gasteiger partial charge in [0.25, 0.3) is 0 Å². The quantitative estimate of drug-likeness (QED) is 0.488. The maximum absolute atomic E-state index is 4.92. The van der Waals surface area contributed by atoms with Crippen LogP contribution in [-0.4, -0.2) is 40.8 Å². The maximum Gasteiger partial charge on any atom is 0.205 e. The maximum atomic E-state index is 4.92. The molecule has 28 heavy (non-hydrogen) atoms. The molecule has 0 unspecified atom stereocenters. The minimum Gasteiger partial charge on any atom is -0.250 e. The molecule has 7 nitrogen and oxygen atoms in total. The van der Waals surface area contributed by atoms with Crippen LogP contribution in [0.5, 0.6) is 0 Å². The monoisotopic (exact) mass is 389 g/mol. The van der Waals surface area contributed by atoms with Gasteiger partial charge in [0.2, 0.25) is 5.82 Å². The lowest BCUT2D eigenvalue weighted by atomic mass is 9.98. The topological polar surface area (TPSA) is 85.2 Å². The van der Waals surface area contributed by atoms with Crippen LogP contribution in [0.15, 0.2) is 48.5 Å². The number of aromatic nitrogens is 7. The summed E-state index contributed by atoms with van der Waals surface area (Å²) in [5.41, 5.74) is 4.29. The summed E-state index contributed by atoms with van der Waals surface area (Å²) in [6, 6.07) is 16.5. The second-order valence-electron chi connectivity index (χ2n) is 6.29. The van der Waals surface area contributed by atoms with E-state index >= 15 is 0 Å². The number of H-pyrrole nitrogens is 1. The summed E-state index contributed by atoms with van der Waals surface area (Å²) in [5, 5.41) is 20.6. The van der Waals surface area contributed by atoms with Crippen molar-refractivity contribution in [3.05, 3.63) is 65.7 Å². The van der Waals surface area contributed by atoms with Crippen molar-refractivity contribution in [2.24, 2.45) is 0 Å². The Morgan fingerprint density at radius 3 is 2.54 bits per heavy atom. The largest absolute Gasteiger partial charge is 0.250 e. The van der Waals surface area contributed by atoms with Gasteiger partial charge in [-0.25, -0.2) is 9.67 Å². The normalized spacial score (nSPS) is 10.9. The molecule has 4 rings (SSSR count). The highest BCUT2D eigenvalue weighted by molar-refractivity contribution is 7.78. The Morgan fingerprint density at radius 2 is 1.86 bits per heavy atom. The third kappa shape index (κ3) is 3.72. The summed E-state index contributed by atoms with van der Waals surface area (Å²) in [7, 11) is 0. The Balaban J connectivity index is 1.60. The predicted octanol–water partition coefficient (Wildman–Crippen LogP) is 3.28. The molecular formula is C20H19N7S. The zero-order chi connectivity index (χ0) is 19.3. The number of nitrogens with zero attached hydrogens (tertiary/aromatic N) is 6. The molecule has 0 aliphatic carbocycles. The van der Waals surface area contributed by atoms with Crippen LogP contribution in [0.3, 0.4) is 0 Å². The van der Waals surface area contributed by atoms with Crippen LogP contribution in [0.2, 0.25) is 0 Å². The molecule has 0 bridgehead atoms. The number of aryl methyl sites for hydroxylation is 1. The van der Waals surface area contributed by atoms with Crippen LogP contribution in [0, 0.1) is 0 Å². The van der Waals surface area contributed by atoms with Gasteiger partial charge in [-0.05, 0) is 34.2 Å². The van der Waals surface area contributed by atoms with Gasteiger partial charge >= 0.3 is 0 Å². The number of aromatic amines is 1. The minimum absolute atomic E-state index is 0.585. The van der Waals surface area contributed by atoms with E-state index in [0.29, 0.717) is 12.2 Å². The number of tetrazole rings is 1. The second-order valence-corrected chi connectivity index (χ2v) is 6.62. The summed E-state index contributed by atoms with van der Waals surface area (Å²) in [6.07, 6.45) is 1.34. The third-order valence-electron chi connectivity index (χ3n) is 4.50. The minimum atomic E-state index is 0.585. The molecule has 0 spiro atoms. The van der Waals surface area contributed by atoms with Gasteiger partial charge in [0.15, 0.2) is 5.82 Å². The number of thiocarbonyl (C=S) groups is 1. The molecule has 0 amide bonds. The average Bonchev–Trinajstić information content (AvgIpc) is 3.39. The molecule has 4 aromatic rings. The molecule has 0 fully saturated rings. The lowest BCUT2D eigenvalue weighted by Gasteiger charge is -2.08. The zero-order valence-corrected chi connectivity index (χ0v) is 16.2. The van der Waals surface area contributed by atoms with Gasteiger partial charge in [-0.1, -0.05) is 60.7 Å². The molecule has 8 heteroatoms. The van der Waals surface area contributed by atoms with Crippen molar-refractivity contribution < 1.29 is 0 Å². The van der Waals surface area contributed by atoms with Gasteiger partial charge in [0.05, 0.1) is 0 Å². The van der Waals surface area contributed by atoms with Crippen LogP contribution in [0.1, 0.15) is 24.1 Å². The second kappa shape index (κ2) is 8.18. The van der Waals surface area contributed by atoms with Crippen LogP contribution in [0.4, 0.5) is 0 Å². The van der Waals surface area contributed by atoms with E-state index in [2.05, 4.69) is 68.0 Å². The molecule has 2 aromatic heterocycles. The fourth-order valence-electron chi connectivity index (χ4n) is 3.16. The first-order valence-corrected chi connectivity index (χ1v) is 9.54. The van der Waals surface area contributed by atoms with E-state index in [9.17, 15) is 0 Å². The molecule has 0 radical (unpaired) electrons. The number of benzene rings is 2. The lowest BCUT2D eigenvalue weighted by Crippen LogP contribution is -2.04. The van der Waals surface area contributed by atoms with Crippen molar-refractivity contribution in [2.45, 2.75) is 26.3 Å². The highest BCUT2D eigenvalue weighted by atomic mass is 32.1. The molecule has 2 heterocycles. The molecule has 0 aliphatic heterocycles. The van der Waals surface area contributed by atoms with E-state index in [1.54, 1.807) is 5.37 Å². The van der Waals surface area contributed by atoms with Gasteiger partial charge < -0.3 is 0 Å². The molecular weight excluding hydrogens is 370 g/mol. The standard InChI is InChI=1S/C20H19N7S/c1-2-27-19(21-18(24-27)11-12-28)13-14-7-9-15(10-8-14)16-5-3-4-6-17(16)20-22-25-26-23-20/h3-10,12H,2,11,13H2,1H3,(H,22,23,25,26). The number of hydrogen-bond acceptors (Lipinski definition) is 6. The Labute approximate surface area is 167 Å². The van der Waals surface area contributed by atoms with E-state index in [-0.39, 0.29) is 0 Å². The molecule has 0 aliphatic rings. The predicted molar refractivity (Wildman–Crippen MR) is 111 cm³/mol. The first-order valence-electron chi connectivity index (χ1n) is 9.07. The molecule has 2 aromatic carbocycles. The average molecular weight is 389 g/mol. The number of rotatable bonds is 7. The van der Waals surface area contributed by atoms with Crippen molar-refractivity contribution >= 4 is 17.6 Å². The number of hydrogen-bond donors (Lipinski definition) is 1. The Bertz CT molecular complexity index is 1070. The summed E-state index contributed by atoms with van der Waals surface area (Å²) in [5.74, 6) is 2.31. The Kier molecular flexibility index (Phi) is 5.29. The molecule has 0 atom stereocenters. The number of nitrogens with one attached hydrogen (secondary N) is 1. The van der Waals surface area contributed by atoms with E-state index in [1.807, 2.05) is 22.9 Å². The van der Waals surface area contributed by atoms with Gasteiger partial charge in [0.1, 0.15) is 5.82 Å². The first kappa shape index (κ1) is 18.1. The zero-order valence-electron chi connectivity index (χ0n) is 15.4. The van der Waals surface area contributed by atoms with Crippen LogP contribution >= 0.6 is 12.2 Å². The van der Waals surface area contributed by atoms with E-state index < -0.39 is 0 Å². The summed E-state index contributed by atoms with van der Waals surface area (Å²) < 4.78 is 1.94. The van der Waals surface area contributed by atoms with Gasteiger partial charge in [-0.2, -0.15) is 10.3 Å². The van der Waals surface area contributed by atoms with Gasteiger partial charge in [-0.15, -0.1) is 10.2 Å². The molecule has 1 N–H and O–H groups in total. The van der Waals surface area contributed by atoms with Gasteiger partial charge in [0, 0.05) is 24.9 Å². The third-order valence-corrected chi connectivity index (χ3v) is 4.66. The highest BCUT2D eigenvalue weighted by Gasteiger charge is 2.12. The van der Waals surface area contributed by atoms with E-state index in [4.69, 9.17) is 12.2 Å². The van der Waals surface area contributed by atoms with Crippen molar-refractivity contribution in [1.82, 2.24) is 35.4 Å². The summed E-state index contributed by atoms with van der Waals surface area (Å²) in [6.45, 7) is 2.85. The molecule has 0 saturated heterocycles. The SMILES string of the molecule is CCn1nc(CC=S)nc1Cc1ccc(-c2ccccc2-c2nn[nH]n2)cc1. The first-order chi connectivity index (χ1) is 13.8. The van der Waals surface area contributed by atoms with Crippen molar-refractivity contribution in [1.29, 1.82) is 0 Å². The van der Waals surface area contributed by atoms with Crippen molar-refractivity contribution in [3.8, 4) is 22.5 Å². The Hall–Kier alpha value is -3.26.